The average Bonchev–Trinajstić information content (AvgIpc) is 3.94. The average molecular weight is 894 g/mol. The van der Waals surface area contributed by atoms with Crippen LogP contribution in [0.1, 0.15) is 84.5 Å². The number of pyridine rings is 2. The standard InChI is InChI=1S/C23H24F2N2O4.C16H20F2N2O3.C7H7NO2/c1-14(2)12-29-20-11-16(6-9-19(20)31-23(24)25)22-27-17(13-30-22)7-8-18(28)21-15(3)5-4-10-26-21;1-9(2)10(3)22-14-6-11(4-5-13(14)23-16(17)18)15-20-12(7-19)8-21-15;1-5-3-2-4-8-6(5)7(9)10/h4-6,9-11,13-14,23H,7-8,12H2,1-3H3;4-6,8-10,16H,7,19H2,1-3H3;2-4H,1H3,(H,9,10). The van der Waals surface area contributed by atoms with Gasteiger partial charge in [0.05, 0.1) is 24.1 Å². The molecule has 2 aromatic carbocycles. The minimum Gasteiger partial charge on any atom is -0.489 e. The Morgan fingerprint density at radius 1 is 0.703 bits per heavy atom. The van der Waals surface area contributed by atoms with Crippen LogP contribution in [-0.4, -0.2) is 62.7 Å². The first-order valence-corrected chi connectivity index (χ1v) is 20.1. The number of oxazole rings is 2. The Kier molecular flexibility index (Phi) is 18.8. The molecule has 6 rings (SSSR count). The Hall–Kier alpha value is -6.82. The fourth-order valence-electron chi connectivity index (χ4n) is 5.40. The van der Waals surface area contributed by atoms with Crippen LogP contribution in [0.4, 0.5) is 17.6 Å². The lowest BCUT2D eigenvalue weighted by Crippen LogP contribution is -2.19. The third-order valence-corrected chi connectivity index (χ3v) is 9.04. The van der Waals surface area contributed by atoms with Gasteiger partial charge in [0.1, 0.15) is 18.2 Å². The molecule has 0 radical (unpaired) electrons. The van der Waals surface area contributed by atoms with Gasteiger partial charge in [-0.15, -0.1) is 0 Å². The fraction of sp³-hybridized carbons (Fsp3) is 0.348. The molecular weight excluding hydrogens is 843 g/mol. The molecular formula is C46H51F4N5O9. The Labute approximate surface area is 367 Å². The number of carboxylic acid groups (broad SMARTS) is 1. The maximum atomic E-state index is 12.7. The van der Waals surface area contributed by atoms with E-state index < -0.39 is 19.2 Å². The van der Waals surface area contributed by atoms with Crippen molar-refractivity contribution < 1.29 is 60.0 Å². The molecule has 0 amide bonds. The zero-order chi connectivity index (χ0) is 46.9. The fourth-order valence-corrected chi connectivity index (χ4v) is 5.40. The van der Waals surface area contributed by atoms with E-state index in [1.807, 2.05) is 47.6 Å². The number of Topliss-reactive ketones (excluding diaryl/α,β-unsaturated/α-hetero) is 1. The number of rotatable bonds is 18. The molecule has 342 valence electrons. The predicted molar refractivity (Wildman–Crippen MR) is 228 cm³/mol. The van der Waals surface area contributed by atoms with Gasteiger partial charge in [-0.05, 0) is 92.3 Å². The Balaban J connectivity index is 0.000000237. The molecule has 4 aromatic heterocycles. The Morgan fingerprint density at radius 2 is 1.22 bits per heavy atom. The van der Waals surface area contributed by atoms with E-state index >= 15 is 0 Å². The van der Waals surface area contributed by atoms with Crippen molar-refractivity contribution in [1.82, 2.24) is 19.9 Å². The van der Waals surface area contributed by atoms with Gasteiger partial charge in [0.2, 0.25) is 11.8 Å². The maximum Gasteiger partial charge on any atom is 0.387 e. The molecule has 1 atom stereocenters. The normalized spacial score (nSPS) is 11.4. The van der Waals surface area contributed by atoms with Crippen molar-refractivity contribution in [2.45, 2.75) is 87.2 Å². The maximum absolute atomic E-state index is 12.7. The Bertz CT molecular complexity index is 2420. The second-order valence-corrected chi connectivity index (χ2v) is 14.9. The molecule has 4 heterocycles. The van der Waals surface area contributed by atoms with Crippen molar-refractivity contribution in [3.8, 4) is 45.9 Å². The van der Waals surface area contributed by atoms with Gasteiger partial charge >= 0.3 is 19.2 Å². The summed E-state index contributed by atoms with van der Waals surface area (Å²) in [6.45, 7) is 7.99. The first-order valence-electron chi connectivity index (χ1n) is 20.1. The highest BCUT2D eigenvalue weighted by Gasteiger charge is 2.19. The van der Waals surface area contributed by atoms with E-state index in [1.165, 1.54) is 30.9 Å². The van der Waals surface area contributed by atoms with Gasteiger partial charge in [0.15, 0.2) is 34.5 Å². The van der Waals surface area contributed by atoms with E-state index in [2.05, 4.69) is 29.4 Å². The van der Waals surface area contributed by atoms with E-state index in [4.69, 9.17) is 29.1 Å². The second kappa shape index (κ2) is 24.1. The number of ketones is 1. The van der Waals surface area contributed by atoms with E-state index in [9.17, 15) is 27.2 Å². The number of aromatic carboxylic acids is 1. The molecule has 14 nitrogen and oxygen atoms in total. The summed E-state index contributed by atoms with van der Waals surface area (Å²) in [7, 11) is 0. The number of ether oxygens (including phenoxy) is 4. The lowest BCUT2D eigenvalue weighted by atomic mass is 10.1. The van der Waals surface area contributed by atoms with Crippen LogP contribution >= 0.6 is 0 Å². The van der Waals surface area contributed by atoms with Gasteiger partial charge in [-0.1, -0.05) is 39.8 Å². The number of hydrogen-bond acceptors (Lipinski definition) is 13. The molecule has 0 saturated heterocycles. The molecule has 0 spiro atoms. The van der Waals surface area contributed by atoms with Gasteiger partial charge < -0.3 is 38.6 Å². The topological polar surface area (TPSA) is 195 Å². The van der Waals surface area contributed by atoms with Crippen LogP contribution in [0.15, 0.2) is 94.4 Å². The number of nitrogens with two attached hydrogens (primary N) is 1. The number of hydrogen-bond donors (Lipinski definition) is 2. The highest BCUT2D eigenvalue weighted by Crippen LogP contribution is 2.36. The predicted octanol–water partition coefficient (Wildman–Crippen LogP) is 10.4. The van der Waals surface area contributed by atoms with Crippen LogP contribution in [0, 0.1) is 25.7 Å². The summed E-state index contributed by atoms with van der Waals surface area (Å²) in [5.41, 5.74) is 9.95. The summed E-state index contributed by atoms with van der Waals surface area (Å²) in [5.74, 6) is 0.345. The van der Waals surface area contributed by atoms with Crippen LogP contribution in [0.2, 0.25) is 0 Å². The monoisotopic (exact) mass is 893 g/mol. The van der Waals surface area contributed by atoms with Crippen LogP contribution in [0.5, 0.6) is 23.0 Å². The zero-order valence-electron chi connectivity index (χ0n) is 36.4. The molecule has 0 bridgehead atoms. The number of halogens is 4. The summed E-state index contributed by atoms with van der Waals surface area (Å²) in [5, 5.41) is 8.50. The molecule has 0 aliphatic rings. The first kappa shape index (κ1) is 49.8. The van der Waals surface area contributed by atoms with Crippen molar-refractivity contribution >= 4 is 11.8 Å². The van der Waals surface area contributed by atoms with E-state index in [-0.39, 0.29) is 65.4 Å². The molecule has 1 unspecified atom stereocenters. The van der Waals surface area contributed by atoms with E-state index in [0.717, 1.165) is 5.56 Å². The van der Waals surface area contributed by atoms with Crippen LogP contribution in [0.3, 0.4) is 0 Å². The number of carbonyl (C=O) groups is 2. The summed E-state index contributed by atoms with van der Waals surface area (Å²) in [6, 6.07) is 16.1. The molecule has 18 heteroatoms. The number of aromatic nitrogens is 4. The molecule has 0 fully saturated rings. The number of nitrogens with zero attached hydrogens (tertiary/aromatic N) is 4. The molecule has 0 aliphatic carbocycles. The quantitative estimate of drug-likeness (QED) is 0.0611. The largest absolute Gasteiger partial charge is 0.489 e. The van der Waals surface area contributed by atoms with Gasteiger partial charge in [0.25, 0.3) is 0 Å². The highest BCUT2D eigenvalue weighted by molar-refractivity contribution is 5.95. The third kappa shape index (κ3) is 15.2. The van der Waals surface area contributed by atoms with Crippen LogP contribution < -0.4 is 24.7 Å². The lowest BCUT2D eigenvalue weighted by Gasteiger charge is -2.20. The van der Waals surface area contributed by atoms with Crippen molar-refractivity contribution in [2.75, 3.05) is 6.61 Å². The van der Waals surface area contributed by atoms with Crippen molar-refractivity contribution in [3.63, 3.8) is 0 Å². The van der Waals surface area contributed by atoms with Crippen molar-refractivity contribution in [2.24, 2.45) is 17.6 Å². The Morgan fingerprint density at radius 3 is 1.69 bits per heavy atom. The van der Waals surface area contributed by atoms with Gasteiger partial charge in [-0.25, -0.2) is 19.7 Å². The number of carbonyl (C=O) groups excluding carboxylic acids is 1. The van der Waals surface area contributed by atoms with Crippen molar-refractivity contribution in [3.05, 3.63) is 119 Å². The molecule has 0 saturated carbocycles. The SMILES string of the molecule is CC(C)C(C)Oc1cc(-c2nc(CN)co2)ccc1OC(F)F.Cc1cccnc1C(=O)CCc1coc(-c2ccc(OC(F)F)c(OCC(C)C)c2)n1.Cc1cccnc1C(=O)O. The summed E-state index contributed by atoms with van der Waals surface area (Å²) in [4.78, 5) is 39.2. The number of benzene rings is 2. The minimum absolute atomic E-state index is 0.0261. The van der Waals surface area contributed by atoms with E-state index in [0.29, 0.717) is 58.6 Å². The summed E-state index contributed by atoms with van der Waals surface area (Å²) >= 11 is 0. The molecule has 64 heavy (non-hydrogen) atoms. The minimum atomic E-state index is -2.96. The van der Waals surface area contributed by atoms with Crippen molar-refractivity contribution in [1.29, 1.82) is 0 Å². The van der Waals surface area contributed by atoms with Gasteiger partial charge in [0, 0.05) is 42.9 Å². The van der Waals surface area contributed by atoms with Gasteiger partial charge in [-0.3, -0.25) is 9.78 Å². The second-order valence-electron chi connectivity index (χ2n) is 14.9. The number of alkyl halides is 4. The molecule has 6 aromatic rings. The molecule has 0 aliphatic heterocycles. The lowest BCUT2D eigenvalue weighted by molar-refractivity contribution is -0.0526. The van der Waals surface area contributed by atoms with E-state index in [1.54, 1.807) is 55.6 Å². The summed E-state index contributed by atoms with van der Waals surface area (Å²) in [6.07, 6.45) is 6.46. The molecule has 3 N–H and O–H groups in total. The first-order chi connectivity index (χ1) is 30.4. The zero-order valence-corrected chi connectivity index (χ0v) is 36.4. The highest BCUT2D eigenvalue weighted by atomic mass is 19.3. The number of aryl methyl sites for hydroxylation is 3. The van der Waals surface area contributed by atoms with Crippen LogP contribution in [0.25, 0.3) is 22.9 Å². The smallest absolute Gasteiger partial charge is 0.387 e. The van der Waals surface area contributed by atoms with Crippen LogP contribution in [-0.2, 0) is 13.0 Å². The number of carboxylic acids is 1. The summed E-state index contributed by atoms with van der Waals surface area (Å²) < 4.78 is 81.8. The third-order valence-electron chi connectivity index (χ3n) is 9.04. The van der Waals surface area contributed by atoms with Gasteiger partial charge in [-0.2, -0.15) is 17.6 Å².